The number of hydrogen-bond acceptors (Lipinski definition) is 5. The first kappa shape index (κ1) is 26.1. The number of halogens is 1. The molecule has 3 rings (SSSR count). The van der Waals surface area contributed by atoms with Gasteiger partial charge in [0.25, 0.3) is 0 Å². The second-order valence-corrected chi connectivity index (χ2v) is 8.92. The summed E-state index contributed by atoms with van der Waals surface area (Å²) < 4.78 is 11.2. The van der Waals surface area contributed by atoms with Crippen LogP contribution in [0.4, 0.5) is 5.82 Å². The van der Waals surface area contributed by atoms with Gasteiger partial charge in [-0.2, -0.15) is 0 Å². The Hall–Kier alpha value is -1.13. The summed E-state index contributed by atoms with van der Waals surface area (Å²) in [5.41, 5.74) is 1.48. The second-order valence-electron chi connectivity index (χ2n) is 8.92. The summed E-state index contributed by atoms with van der Waals surface area (Å²) in [7, 11) is 3.62. The number of anilines is 1. The molecule has 1 aliphatic carbocycles. The van der Waals surface area contributed by atoms with Gasteiger partial charge in [-0.25, -0.2) is 4.98 Å². The van der Waals surface area contributed by atoms with Crippen LogP contribution >= 0.6 is 24.0 Å². The summed E-state index contributed by atoms with van der Waals surface area (Å²) in [6.45, 7) is 8.47. The van der Waals surface area contributed by atoms with Gasteiger partial charge in [0.1, 0.15) is 5.82 Å². The molecule has 2 unspecified atom stereocenters. The van der Waals surface area contributed by atoms with Crippen molar-refractivity contribution in [2.75, 3.05) is 45.3 Å². The summed E-state index contributed by atoms with van der Waals surface area (Å²) in [4.78, 5) is 11.4. The van der Waals surface area contributed by atoms with Gasteiger partial charge in [-0.15, -0.1) is 24.0 Å². The average molecular weight is 546 g/mol. The predicted molar refractivity (Wildman–Crippen MR) is 137 cm³/mol. The topological polar surface area (TPSA) is 71.0 Å². The van der Waals surface area contributed by atoms with Gasteiger partial charge in [0.05, 0.1) is 12.2 Å². The number of morpholine rings is 1. The Labute approximate surface area is 204 Å². The van der Waals surface area contributed by atoms with Gasteiger partial charge in [-0.05, 0) is 50.2 Å². The van der Waals surface area contributed by atoms with E-state index in [0.29, 0.717) is 12.0 Å². The van der Waals surface area contributed by atoms with E-state index >= 15 is 0 Å². The minimum atomic E-state index is 0. The molecule has 1 saturated carbocycles. The van der Waals surface area contributed by atoms with Gasteiger partial charge in [0, 0.05) is 53.1 Å². The summed E-state index contributed by atoms with van der Waals surface area (Å²) in [5.74, 6) is 1.86. The van der Waals surface area contributed by atoms with Crippen LogP contribution in [0.2, 0.25) is 0 Å². The molecule has 8 heteroatoms. The largest absolute Gasteiger partial charge is 0.385 e. The zero-order valence-electron chi connectivity index (χ0n) is 19.5. The SMILES string of the molecule is CN=C(NCc1ccc(N2CC(C)OC(C)C2)nc1)NCC1(CCOC)CCCC1.I. The fraction of sp³-hybridized carbons (Fsp3) is 0.739. The standard InChI is InChI=1S/C23H39N5O2.HI/c1-18-15-28(16-19(2)30-18)21-8-7-20(13-25-21)14-26-22(24-3)27-17-23(11-12-29-4)9-5-6-10-23;/h7-8,13,18-19H,5-6,9-12,14-17H2,1-4H3,(H2,24,26,27);1H. The maximum Gasteiger partial charge on any atom is 0.191 e. The van der Waals surface area contributed by atoms with E-state index in [1.54, 1.807) is 7.11 Å². The van der Waals surface area contributed by atoms with Crippen molar-refractivity contribution in [3.63, 3.8) is 0 Å². The van der Waals surface area contributed by atoms with Crippen molar-refractivity contribution >= 4 is 35.8 Å². The van der Waals surface area contributed by atoms with Gasteiger partial charge >= 0.3 is 0 Å². The second kappa shape index (κ2) is 12.8. The van der Waals surface area contributed by atoms with E-state index in [-0.39, 0.29) is 36.2 Å². The van der Waals surface area contributed by atoms with Crippen molar-refractivity contribution in [2.45, 2.75) is 64.7 Å². The number of ether oxygens (including phenoxy) is 2. The molecule has 31 heavy (non-hydrogen) atoms. The highest BCUT2D eigenvalue weighted by Crippen LogP contribution is 2.40. The third-order valence-electron chi connectivity index (χ3n) is 6.37. The number of aliphatic imine (C=N–C) groups is 1. The van der Waals surface area contributed by atoms with Gasteiger partial charge < -0.3 is 25.0 Å². The summed E-state index contributed by atoms with van der Waals surface area (Å²) in [5, 5.41) is 6.98. The molecule has 2 N–H and O–H groups in total. The van der Waals surface area contributed by atoms with Crippen LogP contribution in [0.25, 0.3) is 0 Å². The lowest BCUT2D eigenvalue weighted by Crippen LogP contribution is -2.45. The molecule has 2 aliphatic rings. The molecule has 1 aliphatic heterocycles. The van der Waals surface area contributed by atoms with E-state index in [9.17, 15) is 0 Å². The van der Waals surface area contributed by atoms with Gasteiger partial charge in [0.15, 0.2) is 5.96 Å². The highest BCUT2D eigenvalue weighted by atomic mass is 127. The van der Waals surface area contributed by atoms with Crippen LogP contribution in [0.3, 0.4) is 0 Å². The molecule has 2 heterocycles. The van der Waals surface area contributed by atoms with Crippen LogP contribution in [0.15, 0.2) is 23.3 Å². The van der Waals surface area contributed by atoms with Crippen LogP contribution in [-0.4, -0.2) is 63.6 Å². The zero-order chi connectivity index (χ0) is 21.4. The van der Waals surface area contributed by atoms with Crippen LogP contribution in [0.1, 0.15) is 51.5 Å². The lowest BCUT2D eigenvalue weighted by molar-refractivity contribution is -0.00545. The molecule has 1 aromatic heterocycles. The van der Waals surface area contributed by atoms with Crippen LogP contribution in [-0.2, 0) is 16.0 Å². The quantitative estimate of drug-likeness (QED) is 0.296. The number of methoxy groups -OCH3 is 1. The molecule has 0 amide bonds. The van der Waals surface area contributed by atoms with E-state index in [1.807, 2.05) is 13.2 Å². The molecule has 0 spiro atoms. The molecule has 7 nitrogen and oxygen atoms in total. The van der Waals surface area contributed by atoms with Crippen molar-refractivity contribution in [1.82, 2.24) is 15.6 Å². The third kappa shape index (κ3) is 7.75. The minimum absolute atomic E-state index is 0. The molecule has 0 aromatic carbocycles. The number of pyridine rings is 1. The maximum absolute atomic E-state index is 5.82. The van der Waals surface area contributed by atoms with Gasteiger partial charge in [0.2, 0.25) is 0 Å². The van der Waals surface area contributed by atoms with Crippen LogP contribution < -0.4 is 15.5 Å². The Morgan fingerprint density at radius 1 is 1.23 bits per heavy atom. The first-order chi connectivity index (χ1) is 14.5. The molecule has 2 atom stereocenters. The van der Waals surface area contributed by atoms with E-state index < -0.39 is 0 Å². The summed E-state index contributed by atoms with van der Waals surface area (Å²) in [6, 6.07) is 4.25. The normalized spacial score (nSPS) is 23.4. The Morgan fingerprint density at radius 3 is 2.52 bits per heavy atom. The number of nitrogens with zero attached hydrogens (tertiary/aromatic N) is 3. The number of hydrogen-bond donors (Lipinski definition) is 2. The number of guanidine groups is 1. The predicted octanol–water partition coefficient (Wildman–Crippen LogP) is 3.58. The fourth-order valence-electron chi connectivity index (χ4n) is 4.71. The number of nitrogens with one attached hydrogen (secondary N) is 2. The highest BCUT2D eigenvalue weighted by molar-refractivity contribution is 14.0. The molecule has 1 aromatic rings. The van der Waals surface area contributed by atoms with Gasteiger partial charge in [-0.3, -0.25) is 4.99 Å². The number of aromatic nitrogens is 1. The van der Waals surface area contributed by atoms with Crippen molar-refractivity contribution in [3.05, 3.63) is 23.9 Å². The highest BCUT2D eigenvalue weighted by Gasteiger charge is 2.33. The number of rotatable bonds is 8. The van der Waals surface area contributed by atoms with E-state index in [2.05, 4.69) is 51.5 Å². The molecular weight excluding hydrogens is 505 g/mol. The molecule has 0 bridgehead atoms. The van der Waals surface area contributed by atoms with Crippen molar-refractivity contribution in [2.24, 2.45) is 10.4 Å². The van der Waals surface area contributed by atoms with E-state index in [4.69, 9.17) is 9.47 Å². The molecule has 0 radical (unpaired) electrons. The summed E-state index contributed by atoms with van der Waals surface area (Å²) in [6.07, 6.45) is 8.70. The smallest absolute Gasteiger partial charge is 0.191 e. The first-order valence-electron chi connectivity index (χ1n) is 11.3. The Balaban J connectivity index is 0.00000341. The Kier molecular flexibility index (Phi) is 10.8. The monoisotopic (exact) mass is 545 g/mol. The average Bonchev–Trinajstić information content (AvgIpc) is 3.21. The van der Waals surface area contributed by atoms with Gasteiger partial charge in [-0.1, -0.05) is 18.9 Å². The van der Waals surface area contributed by atoms with Crippen LogP contribution in [0.5, 0.6) is 0 Å². The van der Waals surface area contributed by atoms with Crippen molar-refractivity contribution in [1.29, 1.82) is 0 Å². The fourth-order valence-corrected chi connectivity index (χ4v) is 4.71. The third-order valence-corrected chi connectivity index (χ3v) is 6.37. The summed E-state index contributed by atoms with van der Waals surface area (Å²) >= 11 is 0. The Bertz CT molecular complexity index is 669. The van der Waals surface area contributed by atoms with E-state index in [1.165, 1.54) is 25.7 Å². The molecule has 176 valence electrons. The first-order valence-corrected chi connectivity index (χ1v) is 11.3. The Morgan fingerprint density at radius 2 is 1.94 bits per heavy atom. The molecule has 2 fully saturated rings. The molecule has 1 saturated heterocycles. The lowest BCUT2D eigenvalue weighted by atomic mass is 9.83. The van der Waals surface area contributed by atoms with Crippen LogP contribution in [0, 0.1) is 5.41 Å². The lowest BCUT2D eigenvalue weighted by Gasteiger charge is -2.36. The van der Waals surface area contributed by atoms with Crippen molar-refractivity contribution in [3.8, 4) is 0 Å². The molecular formula is C23H40IN5O2. The minimum Gasteiger partial charge on any atom is -0.385 e. The zero-order valence-corrected chi connectivity index (χ0v) is 21.9. The maximum atomic E-state index is 5.82. The van der Waals surface area contributed by atoms with E-state index in [0.717, 1.165) is 50.0 Å². The van der Waals surface area contributed by atoms with Crippen molar-refractivity contribution < 1.29 is 9.47 Å².